The van der Waals surface area contributed by atoms with Crippen LogP contribution in [-0.4, -0.2) is 29.9 Å². The fraction of sp³-hybridized carbons (Fsp3) is 0.588. The molecule has 3 rings (SSSR count). The summed E-state index contributed by atoms with van der Waals surface area (Å²) in [5, 5.41) is 0. The van der Waals surface area contributed by atoms with Crippen LogP contribution in [0.25, 0.3) is 0 Å². The van der Waals surface area contributed by atoms with Gasteiger partial charge in [0.15, 0.2) is 11.6 Å². The van der Waals surface area contributed by atoms with E-state index in [1.54, 1.807) is 6.07 Å². The van der Waals surface area contributed by atoms with Crippen LogP contribution in [-0.2, 0) is 4.79 Å². The Balaban J connectivity index is 0.00000192. The van der Waals surface area contributed by atoms with Crippen molar-refractivity contribution in [1.29, 1.82) is 0 Å². The Morgan fingerprint density at radius 1 is 1.35 bits per heavy atom. The minimum Gasteiger partial charge on any atom is -0.338 e. The van der Waals surface area contributed by atoms with E-state index in [1.807, 2.05) is 4.90 Å². The molecule has 1 saturated carbocycles. The van der Waals surface area contributed by atoms with Crippen LogP contribution in [0.5, 0.6) is 0 Å². The van der Waals surface area contributed by atoms with Crippen molar-refractivity contribution in [2.24, 2.45) is 17.6 Å². The molecule has 0 bridgehead atoms. The van der Waals surface area contributed by atoms with E-state index in [2.05, 4.69) is 6.92 Å². The molecule has 1 heterocycles. The van der Waals surface area contributed by atoms with Crippen LogP contribution in [0.3, 0.4) is 0 Å². The minimum absolute atomic E-state index is 0. The van der Waals surface area contributed by atoms with Gasteiger partial charge in [-0.2, -0.15) is 0 Å². The Kier molecular flexibility index (Phi) is 5.63. The van der Waals surface area contributed by atoms with E-state index < -0.39 is 11.6 Å². The summed E-state index contributed by atoms with van der Waals surface area (Å²) in [7, 11) is 0. The summed E-state index contributed by atoms with van der Waals surface area (Å²) >= 11 is 0. The van der Waals surface area contributed by atoms with Gasteiger partial charge in [-0.1, -0.05) is 19.1 Å². The average molecular weight is 345 g/mol. The number of amides is 1. The second kappa shape index (κ2) is 7.14. The molecule has 128 valence electrons. The Morgan fingerprint density at radius 2 is 2.09 bits per heavy atom. The summed E-state index contributed by atoms with van der Waals surface area (Å²) in [6.45, 7) is 3.35. The molecule has 1 aliphatic carbocycles. The fourth-order valence-electron chi connectivity index (χ4n) is 3.60. The number of benzene rings is 1. The number of hydrogen-bond acceptors (Lipinski definition) is 2. The third-order valence-electron chi connectivity index (χ3n) is 5.02. The largest absolute Gasteiger partial charge is 0.338 e. The molecule has 2 N–H and O–H groups in total. The lowest BCUT2D eigenvalue weighted by molar-refractivity contribution is -0.136. The Hall–Kier alpha value is -1.20. The first-order valence-corrected chi connectivity index (χ1v) is 7.97. The number of halogens is 3. The van der Waals surface area contributed by atoms with Crippen LogP contribution >= 0.6 is 12.4 Å². The van der Waals surface area contributed by atoms with E-state index in [1.165, 1.54) is 6.07 Å². The maximum Gasteiger partial charge on any atom is 0.226 e. The zero-order valence-corrected chi connectivity index (χ0v) is 14.0. The summed E-state index contributed by atoms with van der Waals surface area (Å²) in [6, 6.07) is 4.26. The lowest BCUT2D eigenvalue weighted by Crippen LogP contribution is -2.50. The quantitative estimate of drug-likeness (QED) is 0.916. The lowest BCUT2D eigenvalue weighted by Gasteiger charge is -2.38. The molecule has 0 spiro atoms. The standard InChI is InChI=1S/C17H22F2N2O.ClH/c1-10-5-6-21(11(7-10)9-20)17(22)14-8-13(14)12-3-2-4-15(18)16(12)19;/h2-4,10-11,13-14H,5-9,20H2,1H3;1H. The van der Waals surface area contributed by atoms with Crippen LogP contribution in [0.4, 0.5) is 8.78 Å². The number of likely N-dealkylation sites (tertiary alicyclic amines) is 1. The van der Waals surface area contributed by atoms with Crippen molar-refractivity contribution < 1.29 is 13.6 Å². The van der Waals surface area contributed by atoms with Crippen molar-refractivity contribution in [2.75, 3.05) is 13.1 Å². The fourth-order valence-corrected chi connectivity index (χ4v) is 3.60. The van der Waals surface area contributed by atoms with Crippen molar-refractivity contribution in [2.45, 2.75) is 38.1 Å². The van der Waals surface area contributed by atoms with Gasteiger partial charge in [0.1, 0.15) is 0 Å². The maximum absolute atomic E-state index is 13.8. The number of piperidine rings is 1. The Morgan fingerprint density at radius 3 is 2.78 bits per heavy atom. The highest BCUT2D eigenvalue weighted by Crippen LogP contribution is 2.50. The average Bonchev–Trinajstić information content (AvgIpc) is 3.29. The molecule has 2 aliphatic rings. The molecule has 6 heteroatoms. The monoisotopic (exact) mass is 344 g/mol. The summed E-state index contributed by atoms with van der Waals surface area (Å²) in [5.41, 5.74) is 6.13. The number of nitrogens with two attached hydrogens (primary N) is 1. The molecule has 4 unspecified atom stereocenters. The third kappa shape index (κ3) is 3.50. The highest BCUT2D eigenvalue weighted by Gasteiger charge is 2.48. The van der Waals surface area contributed by atoms with Gasteiger partial charge in [0.05, 0.1) is 0 Å². The summed E-state index contributed by atoms with van der Waals surface area (Å²) < 4.78 is 27.2. The predicted octanol–water partition coefficient (Wildman–Crippen LogP) is 3.08. The second-order valence-corrected chi connectivity index (χ2v) is 6.64. The van der Waals surface area contributed by atoms with E-state index in [0.29, 0.717) is 24.4 Å². The van der Waals surface area contributed by atoms with E-state index in [4.69, 9.17) is 5.73 Å². The summed E-state index contributed by atoms with van der Waals surface area (Å²) in [4.78, 5) is 14.5. The normalized spacial score (nSPS) is 29.8. The molecule has 4 atom stereocenters. The van der Waals surface area contributed by atoms with Crippen LogP contribution in [0.1, 0.15) is 37.7 Å². The van der Waals surface area contributed by atoms with Gasteiger partial charge in [0.25, 0.3) is 0 Å². The molecule has 1 aliphatic heterocycles. The van der Waals surface area contributed by atoms with Gasteiger partial charge in [-0.05, 0) is 42.7 Å². The first kappa shape index (κ1) is 18.1. The Labute approximate surface area is 141 Å². The van der Waals surface area contributed by atoms with Crippen molar-refractivity contribution >= 4 is 18.3 Å². The zero-order chi connectivity index (χ0) is 15.9. The topological polar surface area (TPSA) is 46.3 Å². The SMILES string of the molecule is CC1CCN(C(=O)C2CC2c2cccc(F)c2F)C(CN)C1.Cl. The molecule has 1 saturated heterocycles. The van der Waals surface area contributed by atoms with E-state index in [-0.39, 0.29) is 36.2 Å². The molecule has 3 nitrogen and oxygen atoms in total. The molecule has 1 amide bonds. The number of rotatable bonds is 3. The maximum atomic E-state index is 13.8. The highest BCUT2D eigenvalue weighted by molar-refractivity contribution is 5.85. The number of nitrogens with zero attached hydrogens (tertiary/aromatic N) is 1. The van der Waals surface area contributed by atoms with Crippen molar-refractivity contribution in [3.05, 3.63) is 35.4 Å². The molecule has 0 aromatic heterocycles. The molecular weight excluding hydrogens is 322 g/mol. The molecule has 0 radical (unpaired) electrons. The molecular formula is C17H23ClF2N2O. The Bertz CT molecular complexity index is 584. The number of hydrogen-bond donors (Lipinski definition) is 1. The number of carbonyl (C=O) groups excluding carboxylic acids is 1. The smallest absolute Gasteiger partial charge is 0.226 e. The summed E-state index contributed by atoms with van der Waals surface area (Å²) in [5.74, 6) is -1.45. The van der Waals surface area contributed by atoms with Crippen molar-refractivity contribution in [3.8, 4) is 0 Å². The van der Waals surface area contributed by atoms with E-state index >= 15 is 0 Å². The zero-order valence-electron chi connectivity index (χ0n) is 13.2. The highest BCUT2D eigenvalue weighted by atomic mass is 35.5. The first-order chi connectivity index (χ1) is 10.5. The first-order valence-electron chi connectivity index (χ1n) is 7.97. The third-order valence-corrected chi connectivity index (χ3v) is 5.02. The molecule has 2 fully saturated rings. The van der Waals surface area contributed by atoms with Crippen LogP contribution < -0.4 is 5.73 Å². The van der Waals surface area contributed by atoms with Gasteiger partial charge < -0.3 is 10.6 Å². The van der Waals surface area contributed by atoms with Crippen molar-refractivity contribution in [1.82, 2.24) is 4.90 Å². The van der Waals surface area contributed by atoms with E-state index in [9.17, 15) is 13.6 Å². The van der Waals surface area contributed by atoms with Gasteiger partial charge >= 0.3 is 0 Å². The van der Waals surface area contributed by atoms with Gasteiger partial charge in [0, 0.05) is 25.0 Å². The predicted molar refractivity (Wildman–Crippen MR) is 87.4 cm³/mol. The van der Waals surface area contributed by atoms with Crippen LogP contribution in [0.15, 0.2) is 18.2 Å². The molecule has 1 aromatic rings. The summed E-state index contributed by atoms with van der Waals surface area (Å²) in [6.07, 6.45) is 2.50. The van der Waals surface area contributed by atoms with Gasteiger partial charge in [-0.25, -0.2) is 8.78 Å². The van der Waals surface area contributed by atoms with Gasteiger partial charge in [-0.3, -0.25) is 4.79 Å². The van der Waals surface area contributed by atoms with Crippen molar-refractivity contribution in [3.63, 3.8) is 0 Å². The van der Waals surface area contributed by atoms with Crippen LogP contribution in [0, 0.1) is 23.5 Å². The van der Waals surface area contributed by atoms with E-state index in [0.717, 1.165) is 25.5 Å². The van der Waals surface area contributed by atoms with Crippen LogP contribution in [0.2, 0.25) is 0 Å². The minimum atomic E-state index is -0.845. The number of carbonyl (C=O) groups is 1. The van der Waals surface area contributed by atoms with Gasteiger partial charge in [0.2, 0.25) is 5.91 Å². The molecule has 23 heavy (non-hydrogen) atoms. The second-order valence-electron chi connectivity index (χ2n) is 6.64. The lowest BCUT2D eigenvalue weighted by atomic mass is 9.92. The molecule has 1 aromatic carbocycles. The van der Waals surface area contributed by atoms with Gasteiger partial charge in [-0.15, -0.1) is 12.4 Å².